The van der Waals surface area contributed by atoms with Crippen LogP contribution < -0.4 is 5.32 Å². The van der Waals surface area contributed by atoms with Crippen LogP contribution in [0.15, 0.2) is 0 Å². The van der Waals surface area contributed by atoms with Crippen molar-refractivity contribution in [2.45, 2.75) is 64.0 Å². The Kier molecular flexibility index (Phi) is 5.75. The van der Waals surface area contributed by atoms with Gasteiger partial charge in [-0.1, -0.05) is 26.2 Å². The quantitative estimate of drug-likeness (QED) is 0.570. The summed E-state index contributed by atoms with van der Waals surface area (Å²) in [6, 6.07) is 1.39. The molecule has 1 N–H and O–H groups in total. The molecule has 1 heterocycles. The van der Waals surface area contributed by atoms with Crippen LogP contribution in [-0.4, -0.2) is 43.4 Å². The van der Waals surface area contributed by atoms with Crippen molar-refractivity contribution in [2.24, 2.45) is 0 Å². The Labute approximate surface area is 106 Å². The van der Waals surface area contributed by atoms with Gasteiger partial charge >= 0.3 is 0 Å². The summed E-state index contributed by atoms with van der Waals surface area (Å²) >= 11 is 0. The maximum Gasteiger partial charge on any atom is 0.0968 e. The zero-order valence-corrected chi connectivity index (χ0v) is 11.3. The van der Waals surface area contributed by atoms with Gasteiger partial charge in [0.1, 0.15) is 0 Å². The summed E-state index contributed by atoms with van der Waals surface area (Å²) < 4.78 is 5.80. The third-order valence-electron chi connectivity index (χ3n) is 4.29. The Morgan fingerprint density at radius 1 is 1.12 bits per heavy atom. The molecule has 3 heteroatoms. The largest absolute Gasteiger partial charge is 0.365 e. The molecule has 0 spiro atoms. The van der Waals surface area contributed by atoms with Gasteiger partial charge in [0.25, 0.3) is 0 Å². The second-order valence-corrected chi connectivity index (χ2v) is 5.48. The molecule has 17 heavy (non-hydrogen) atoms. The lowest BCUT2D eigenvalue weighted by molar-refractivity contribution is 0.0596. The third kappa shape index (κ3) is 4.23. The molecule has 1 saturated carbocycles. The highest BCUT2D eigenvalue weighted by atomic mass is 16.5. The van der Waals surface area contributed by atoms with Crippen molar-refractivity contribution < 1.29 is 4.74 Å². The summed E-state index contributed by atoms with van der Waals surface area (Å²) in [4.78, 5) is 2.54. The Balaban J connectivity index is 1.53. The molecule has 0 aromatic rings. The highest BCUT2D eigenvalue weighted by Crippen LogP contribution is 2.18. The Morgan fingerprint density at radius 3 is 2.71 bits per heavy atom. The summed E-state index contributed by atoms with van der Waals surface area (Å²) in [5.74, 6) is 0. The molecule has 1 aliphatic heterocycles. The van der Waals surface area contributed by atoms with Crippen LogP contribution in [0.1, 0.15) is 51.9 Å². The first kappa shape index (κ1) is 13.3. The smallest absolute Gasteiger partial charge is 0.0968 e. The molecule has 1 atom stereocenters. The van der Waals surface area contributed by atoms with E-state index in [1.807, 2.05) is 0 Å². The van der Waals surface area contributed by atoms with E-state index in [1.54, 1.807) is 0 Å². The van der Waals surface area contributed by atoms with Crippen molar-refractivity contribution in [3.63, 3.8) is 0 Å². The lowest BCUT2D eigenvalue weighted by Gasteiger charge is -2.25. The van der Waals surface area contributed by atoms with E-state index in [-0.39, 0.29) is 0 Å². The molecule has 0 aromatic heterocycles. The summed E-state index contributed by atoms with van der Waals surface area (Å²) in [6.45, 7) is 6.34. The number of likely N-dealkylation sites (tertiary alicyclic amines) is 1. The van der Waals surface area contributed by atoms with Crippen LogP contribution in [0.25, 0.3) is 0 Å². The van der Waals surface area contributed by atoms with Crippen molar-refractivity contribution >= 4 is 0 Å². The predicted octanol–water partition coefficient (Wildman–Crippen LogP) is 2.37. The second kappa shape index (κ2) is 7.34. The van der Waals surface area contributed by atoms with Crippen molar-refractivity contribution in [3.8, 4) is 0 Å². The molecular formula is C14H28N2O. The predicted molar refractivity (Wildman–Crippen MR) is 71.1 cm³/mol. The molecule has 0 unspecified atom stereocenters. The second-order valence-electron chi connectivity index (χ2n) is 5.48. The summed E-state index contributed by atoms with van der Waals surface area (Å²) in [7, 11) is 0. The Bertz CT molecular complexity index is 204. The third-order valence-corrected chi connectivity index (χ3v) is 4.29. The average molecular weight is 240 g/mol. The van der Waals surface area contributed by atoms with Crippen LogP contribution in [0.3, 0.4) is 0 Å². The van der Waals surface area contributed by atoms with Crippen molar-refractivity contribution in [1.82, 2.24) is 10.2 Å². The maximum atomic E-state index is 5.80. The fourth-order valence-corrected chi connectivity index (χ4v) is 3.18. The summed E-state index contributed by atoms with van der Waals surface area (Å²) in [6.07, 6.45) is 9.55. The van der Waals surface area contributed by atoms with Crippen LogP contribution in [0, 0.1) is 0 Å². The summed E-state index contributed by atoms with van der Waals surface area (Å²) in [5.41, 5.74) is 0. The molecule has 0 bridgehead atoms. The van der Waals surface area contributed by atoms with Gasteiger partial charge in [-0.2, -0.15) is 0 Å². The molecule has 2 fully saturated rings. The first-order chi connectivity index (χ1) is 8.40. The van der Waals surface area contributed by atoms with Crippen LogP contribution in [0.4, 0.5) is 0 Å². The van der Waals surface area contributed by atoms with Crippen LogP contribution in [0.5, 0.6) is 0 Å². The fourth-order valence-electron chi connectivity index (χ4n) is 3.18. The molecule has 1 saturated heterocycles. The molecule has 1 aliphatic carbocycles. The van der Waals surface area contributed by atoms with Gasteiger partial charge in [-0.3, -0.25) is 10.2 Å². The highest BCUT2D eigenvalue weighted by molar-refractivity contribution is 4.77. The molecule has 100 valence electrons. The average Bonchev–Trinajstić information content (AvgIpc) is 2.83. The maximum absolute atomic E-state index is 5.80. The monoisotopic (exact) mass is 240 g/mol. The van der Waals surface area contributed by atoms with E-state index in [4.69, 9.17) is 4.74 Å². The fraction of sp³-hybridized carbons (Fsp3) is 1.00. The molecule has 0 radical (unpaired) electrons. The molecule has 0 amide bonds. The summed E-state index contributed by atoms with van der Waals surface area (Å²) in [5, 5.41) is 3.54. The van der Waals surface area contributed by atoms with E-state index >= 15 is 0 Å². The Hall–Kier alpha value is -0.120. The lowest BCUT2D eigenvalue weighted by atomic mass is 9.96. The standard InChI is InChI=1S/C14H28N2O/c1-2-16-10-6-9-14(16)11-17-12-15-13-7-4-3-5-8-13/h13-15H,2-12H2,1H3/t14-/m0/s1. The van der Waals surface area contributed by atoms with E-state index in [0.717, 1.165) is 19.4 Å². The molecule has 3 nitrogen and oxygen atoms in total. The van der Waals surface area contributed by atoms with Gasteiger partial charge in [0.2, 0.25) is 0 Å². The number of ether oxygens (including phenoxy) is 1. The number of nitrogens with zero attached hydrogens (tertiary/aromatic N) is 1. The zero-order valence-electron chi connectivity index (χ0n) is 11.3. The first-order valence-electron chi connectivity index (χ1n) is 7.45. The minimum absolute atomic E-state index is 0.674. The van der Waals surface area contributed by atoms with E-state index in [9.17, 15) is 0 Å². The molecule has 0 aromatic carbocycles. The highest BCUT2D eigenvalue weighted by Gasteiger charge is 2.22. The minimum atomic E-state index is 0.674. The van der Waals surface area contributed by atoms with Crippen LogP contribution >= 0.6 is 0 Å². The molecule has 2 aliphatic rings. The van der Waals surface area contributed by atoms with Crippen LogP contribution in [-0.2, 0) is 4.74 Å². The minimum Gasteiger partial charge on any atom is -0.365 e. The zero-order chi connectivity index (χ0) is 11.9. The SMILES string of the molecule is CCN1CCC[C@H]1COCNC1CCCCC1. The lowest BCUT2D eigenvalue weighted by Crippen LogP contribution is -2.37. The number of hydrogen-bond acceptors (Lipinski definition) is 3. The van der Waals surface area contributed by atoms with E-state index in [0.29, 0.717) is 6.04 Å². The van der Waals surface area contributed by atoms with Gasteiger partial charge in [0.15, 0.2) is 0 Å². The van der Waals surface area contributed by atoms with Gasteiger partial charge in [-0.25, -0.2) is 0 Å². The van der Waals surface area contributed by atoms with Crippen molar-refractivity contribution in [3.05, 3.63) is 0 Å². The first-order valence-corrected chi connectivity index (χ1v) is 7.45. The molecule has 2 rings (SSSR count). The topological polar surface area (TPSA) is 24.5 Å². The number of nitrogens with one attached hydrogen (secondary N) is 1. The number of likely N-dealkylation sites (N-methyl/N-ethyl adjacent to an activating group) is 1. The number of rotatable bonds is 6. The Morgan fingerprint density at radius 2 is 1.94 bits per heavy atom. The van der Waals surface area contributed by atoms with Gasteiger partial charge in [-0.05, 0) is 38.8 Å². The van der Waals surface area contributed by atoms with Crippen LogP contribution in [0.2, 0.25) is 0 Å². The van der Waals surface area contributed by atoms with E-state index < -0.39 is 0 Å². The van der Waals surface area contributed by atoms with E-state index in [1.165, 1.54) is 58.0 Å². The van der Waals surface area contributed by atoms with Crippen molar-refractivity contribution in [1.29, 1.82) is 0 Å². The van der Waals surface area contributed by atoms with E-state index in [2.05, 4.69) is 17.1 Å². The van der Waals surface area contributed by atoms with Gasteiger partial charge in [-0.15, -0.1) is 0 Å². The van der Waals surface area contributed by atoms with Gasteiger partial charge < -0.3 is 4.74 Å². The van der Waals surface area contributed by atoms with Gasteiger partial charge in [0, 0.05) is 12.1 Å². The van der Waals surface area contributed by atoms with Crippen molar-refractivity contribution in [2.75, 3.05) is 26.4 Å². The number of hydrogen-bond donors (Lipinski definition) is 1. The molecular weight excluding hydrogens is 212 g/mol. The normalized spacial score (nSPS) is 27.7. The van der Waals surface area contributed by atoms with Gasteiger partial charge in [0.05, 0.1) is 13.3 Å².